The predicted octanol–water partition coefficient (Wildman–Crippen LogP) is 0.0575. The van der Waals surface area contributed by atoms with E-state index in [1.165, 1.54) is 0 Å². The van der Waals surface area contributed by atoms with E-state index in [0.717, 1.165) is 11.1 Å². The van der Waals surface area contributed by atoms with E-state index in [0.29, 0.717) is 25.9 Å². The maximum atomic E-state index is 12.1. The smallest absolute Gasteiger partial charge is 0.334 e. The van der Waals surface area contributed by atoms with Crippen LogP contribution in [0.15, 0.2) is 11.1 Å². The van der Waals surface area contributed by atoms with Gasteiger partial charge in [-0.05, 0) is 36.7 Å². The van der Waals surface area contributed by atoms with Gasteiger partial charge in [-0.15, -0.1) is 0 Å². The molecule has 0 amide bonds. The molecule has 2 spiro atoms. The summed E-state index contributed by atoms with van der Waals surface area (Å²) in [4.78, 5) is 12.1. The number of rotatable bonds is 1. The Balaban J connectivity index is 1.50. The number of carbonyl (C=O) groups excluding carboxylic acids is 1. The molecule has 0 aromatic heterocycles. The molecule has 7 nitrogen and oxygen atoms in total. The van der Waals surface area contributed by atoms with Crippen LogP contribution in [0.3, 0.4) is 0 Å². The number of aliphatic hydroxyl groups excluding tert-OH is 2. The molecule has 3 heterocycles. The van der Waals surface area contributed by atoms with Gasteiger partial charge in [-0.25, -0.2) is 4.79 Å². The van der Waals surface area contributed by atoms with Crippen LogP contribution < -0.4 is 0 Å². The van der Waals surface area contributed by atoms with E-state index >= 15 is 0 Å². The number of cyclic esters (lactones) is 1. The molecule has 2 saturated carbocycles. The Morgan fingerprint density at radius 2 is 1.96 bits per heavy atom. The summed E-state index contributed by atoms with van der Waals surface area (Å²) in [5, 5.41) is 33.5. The van der Waals surface area contributed by atoms with E-state index in [2.05, 4.69) is 6.92 Å². The highest BCUT2D eigenvalue weighted by Gasteiger charge is 2.96. The zero-order chi connectivity index (χ0) is 19.1. The summed E-state index contributed by atoms with van der Waals surface area (Å²) in [5.74, 6) is -0.511. The molecular formula is C20H26O7. The van der Waals surface area contributed by atoms with E-state index in [1.807, 2.05) is 0 Å². The second kappa shape index (κ2) is 4.44. The minimum Gasteiger partial charge on any atom is -0.458 e. The third kappa shape index (κ3) is 1.44. The summed E-state index contributed by atoms with van der Waals surface area (Å²) in [6.07, 6.45) is -1.25. The fourth-order valence-corrected chi connectivity index (χ4v) is 7.30. The lowest BCUT2D eigenvalue weighted by atomic mass is 9.45. The molecule has 6 aliphatic rings. The first kappa shape index (κ1) is 16.9. The molecule has 1 unspecified atom stereocenters. The quantitative estimate of drug-likeness (QED) is 0.437. The number of esters is 1. The third-order valence-corrected chi connectivity index (χ3v) is 8.90. The minimum atomic E-state index is -1.67. The highest BCUT2D eigenvalue weighted by molar-refractivity contribution is 5.92. The Labute approximate surface area is 157 Å². The van der Waals surface area contributed by atoms with Gasteiger partial charge in [0.15, 0.2) is 5.60 Å². The monoisotopic (exact) mass is 378 g/mol. The van der Waals surface area contributed by atoms with Crippen LogP contribution in [0.5, 0.6) is 0 Å². The summed E-state index contributed by atoms with van der Waals surface area (Å²) >= 11 is 0. The number of fused-ring (bicyclic) bond motifs is 2. The molecule has 4 fully saturated rings. The molecule has 3 aliphatic carbocycles. The van der Waals surface area contributed by atoms with Gasteiger partial charge < -0.3 is 29.5 Å². The van der Waals surface area contributed by atoms with E-state index in [1.54, 1.807) is 13.8 Å². The van der Waals surface area contributed by atoms with Crippen LogP contribution in [0.2, 0.25) is 0 Å². The number of epoxide rings is 2. The van der Waals surface area contributed by atoms with Crippen molar-refractivity contribution in [3.05, 3.63) is 11.1 Å². The second-order valence-corrected chi connectivity index (χ2v) is 9.85. The van der Waals surface area contributed by atoms with Crippen molar-refractivity contribution >= 4 is 5.97 Å². The molecule has 27 heavy (non-hydrogen) atoms. The average molecular weight is 378 g/mol. The van der Waals surface area contributed by atoms with Crippen LogP contribution in [-0.2, 0) is 19.0 Å². The Morgan fingerprint density at radius 1 is 1.22 bits per heavy atom. The SMILES string of the molecule is CC(C)[C@@]1(O)C(O)[C@]23O[C@H]2C[C@H]2C4=C(CC[C@]2(C)[C@@]32O[C@H]2[C@H]1O)C(=O)OC4. The van der Waals surface area contributed by atoms with Crippen molar-refractivity contribution in [1.82, 2.24) is 0 Å². The molecule has 0 bridgehead atoms. The van der Waals surface area contributed by atoms with Crippen molar-refractivity contribution in [2.45, 2.75) is 81.3 Å². The number of hydrogen-bond acceptors (Lipinski definition) is 7. The molecule has 9 atom stereocenters. The fourth-order valence-electron chi connectivity index (χ4n) is 7.30. The molecule has 0 aromatic carbocycles. The fraction of sp³-hybridized carbons (Fsp3) is 0.850. The number of carbonyl (C=O) groups is 1. The lowest BCUT2D eigenvalue weighted by Crippen LogP contribution is -2.76. The summed E-state index contributed by atoms with van der Waals surface area (Å²) < 4.78 is 17.7. The topological polar surface area (TPSA) is 112 Å². The van der Waals surface area contributed by atoms with Gasteiger partial charge in [-0.2, -0.15) is 0 Å². The van der Waals surface area contributed by atoms with E-state index in [4.69, 9.17) is 14.2 Å². The third-order valence-electron chi connectivity index (χ3n) is 8.90. The van der Waals surface area contributed by atoms with Crippen LogP contribution >= 0.6 is 0 Å². The van der Waals surface area contributed by atoms with E-state index in [-0.39, 0.29) is 23.9 Å². The lowest BCUT2D eigenvalue weighted by molar-refractivity contribution is -0.223. The predicted molar refractivity (Wildman–Crippen MR) is 90.4 cm³/mol. The minimum absolute atomic E-state index is 0.0583. The summed E-state index contributed by atoms with van der Waals surface area (Å²) in [6, 6.07) is 0. The van der Waals surface area contributed by atoms with Gasteiger partial charge in [-0.1, -0.05) is 20.8 Å². The van der Waals surface area contributed by atoms with Crippen molar-refractivity contribution < 1.29 is 34.3 Å². The van der Waals surface area contributed by atoms with Crippen molar-refractivity contribution in [2.24, 2.45) is 17.3 Å². The van der Waals surface area contributed by atoms with Gasteiger partial charge >= 0.3 is 5.97 Å². The second-order valence-electron chi connectivity index (χ2n) is 9.85. The molecule has 7 heteroatoms. The van der Waals surface area contributed by atoms with Crippen LogP contribution in [0.25, 0.3) is 0 Å². The van der Waals surface area contributed by atoms with Crippen molar-refractivity contribution in [1.29, 1.82) is 0 Å². The Kier molecular flexibility index (Phi) is 2.78. The number of aliphatic hydroxyl groups is 3. The molecule has 0 radical (unpaired) electrons. The number of hydrogen-bond donors (Lipinski definition) is 3. The molecule has 3 aliphatic heterocycles. The van der Waals surface area contributed by atoms with E-state index < -0.39 is 40.5 Å². The van der Waals surface area contributed by atoms with E-state index in [9.17, 15) is 20.1 Å². The van der Waals surface area contributed by atoms with Gasteiger partial charge in [0.1, 0.15) is 36.1 Å². The normalized spacial score (nSPS) is 60.1. The zero-order valence-electron chi connectivity index (χ0n) is 15.8. The molecule has 6 rings (SSSR count). The molecule has 2 saturated heterocycles. The standard InChI is InChI=1S/C20H26O7/c1-8(2)18(24)13(21)14-20(27-14)17(3)5-4-9-10(7-25-15(9)22)11(17)6-12-19(20,26-12)16(18)23/h8,11-14,16,21,23-24H,4-7H2,1-3H3/t11-,12-,13+,14-,16?,17-,18-,19+,20+/m0/s1. The van der Waals surface area contributed by atoms with Crippen LogP contribution in [-0.4, -0.2) is 69.1 Å². The number of ether oxygens (including phenoxy) is 3. The van der Waals surface area contributed by atoms with Gasteiger partial charge in [0.2, 0.25) is 0 Å². The molecule has 148 valence electrons. The van der Waals surface area contributed by atoms with Crippen LogP contribution in [0.1, 0.15) is 40.0 Å². The zero-order valence-corrected chi connectivity index (χ0v) is 15.8. The molecule has 3 N–H and O–H groups in total. The highest BCUT2D eigenvalue weighted by atomic mass is 16.7. The van der Waals surface area contributed by atoms with Crippen LogP contribution in [0, 0.1) is 17.3 Å². The van der Waals surface area contributed by atoms with Crippen molar-refractivity contribution in [2.75, 3.05) is 6.61 Å². The molecule has 0 aromatic rings. The summed E-state index contributed by atoms with van der Waals surface area (Å²) in [6.45, 7) is 6.03. The Hall–Kier alpha value is -0.990. The highest BCUT2D eigenvalue weighted by Crippen LogP contribution is 2.79. The van der Waals surface area contributed by atoms with Gasteiger partial charge in [0.05, 0.1) is 6.10 Å². The first-order valence-electron chi connectivity index (χ1n) is 9.99. The van der Waals surface area contributed by atoms with Crippen LogP contribution in [0.4, 0.5) is 0 Å². The first-order chi connectivity index (χ1) is 12.7. The van der Waals surface area contributed by atoms with Gasteiger partial charge in [0, 0.05) is 11.0 Å². The maximum Gasteiger partial charge on any atom is 0.334 e. The van der Waals surface area contributed by atoms with Crippen molar-refractivity contribution in [3.8, 4) is 0 Å². The summed E-state index contributed by atoms with van der Waals surface area (Å²) in [5.41, 5.74) is -2.06. The Morgan fingerprint density at radius 3 is 2.67 bits per heavy atom. The molecular weight excluding hydrogens is 352 g/mol. The first-order valence-corrected chi connectivity index (χ1v) is 9.99. The van der Waals surface area contributed by atoms with Gasteiger partial charge in [-0.3, -0.25) is 0 Å². The maximum absolute atomic E-state index is 12.1. The van der Waals surface area contributed by atoms with Crippen molar-refractivity contribution in [3.63, 3.8) is 0 Å². The average Bonchev–Trinajstić information content (AvgIpc) is 3.50. The largest absolute Gasteiger partial charge is 0.458 e. The summed E-state index contributed by atoms with van der Waals surface area (Å²) in [7, 11) is 0. The van der Waals surface area contributed by atoms with Gasteiger partial charge in [0.25, 0.3) is 0 Å². The lowest BCUT2D eigenvalue weighted by Gasteiger charge is -2.56. The Bertz CT molecular complexity index is 806.